The first kappa shape index (κ1) is 19.2. The monoisotopic (exact) mass is 389 g/mol. The van der Waals surface area contributed by atoms with Crippen molar-refractivity contribution in [3.63, 3.8) is 0 Å². The summed E-state index contributed by atoms with van der Waals surface area (Å²) >= 11 is 0. The van der Waals surface area contributed by atoms with Gasteiger partial charge in [0.2, 0.25) is 0 Å². The third-order valence-corrected chi connectivity index (χ3v) is 5.27. The highest BCUT2D eigenvalue weighted by Gasteiger charge is 2.25. The van der Waals surface area contributed by atoms with Gasteiger partial charge in [-0.15, -0.1) is 0 Å². The minimum Gasteiger partial charge on any atom is -0.370 e. The number of ether oxygens (including phenoxy) is 1. The molecule has 150 valence electrons. The van der Waals surface area contributed by atoms with E-state index in [1.54, 1.807) is 6.20 Å². The number of benzene rings is 2. The average Bonchev–Trinajstić information content (AvgIpc) is 3.30. The molecule has 0 saturated carbocycles. The van der Waals surface area contributed by atoms with Crippen molar-refractivity contribution >= 4 is 5.96 Å². The summed E-state index contributed by atoms with van der Waals surface area (Å²) in [6, 6.07) is 18.7. The van der Waals surface area contributed by atoms with E-state index < -0.39 is 0 Å². The first-order chi connectivity index (χ1) is 14.2. The van der Waals surface area contributed by atoms with Crippen molar-refractivity contribution in [1.29, 1.82) is 0 Å². The Morgan fingerprint density at radius 3 is 2.72 bits per heavy atom. The molecule has 4 rings (SSSR count). The van der Waals surface area contributed by atoms with Crippen LogP contribution >= 0.6 is 0 Å². The van der Waals surface area contributed by atoms with Gasteiger partial charge in [0.25, 0.3) is 0 Å². The second-order valence-corrected chi connectivity index (χ2v) is 7.18. The lowest BCUT2D eigenvalue weighted by Crippen LogP contribution is -2.48. The lowest BCUT2D eigenvalue weighted by Gasteiger charge is -2.35. The predicted octanol–water partition coefficient (Wildman–Crippen LogP) is 3.33. The van der Waals surface area contributed by atoms with E-state index in [1.165, 1.54) is 16.7 Å². The number of nitrogens with zero attached hydrogens (tertiary/aromatic N) is 4. The van der Waals surface area contributed by atoms with E-state index in [2.05, 4.69) is 75.8 Å². The van der Waals surface area contributed by atoms with Gasteiger partial charge in [0.15, 0.2) is 5.96 Å². The normalized spacial score (nSPS) is 17.4. The standard InChI is InChI=1S/C23H27N5O/c1-18-6-3-4-7-21(18)22-17-27(14-15-29-22)23(24-2)25-16-19-8-10-20(11-9-19)28-13-5-12-26-28/h3-13,22H,14-17H2,1-2H3,(H,24,25). The Hall–Kier alpha value is -3.12. The molecule has 1 fully saturated rings. The van der Waals surface area contributed by atoms with Gasteiger partial charge < -0.3 is 15.0 Å². The summed E-state index contributed by atoms with van der Waals surface area (Å²) in [5.74, 6) is 0.906. The van der Waals surface area contributed by atoms with Crippen molar-refractivity contribution in [2.45, 2.75) is 19.6 Å². The highest BCUT2D eigenvalue weighted by molar-refractivity contribution is 5.80. The van der Waals surface area contributed by atoms with Gasteiger partial charge in [-0.2, -0.15) is 5.10 Å². The van der Waals surface area contributed by atoms with Gasteiger partial charge in [-0.05, 0) is 41.8 Å². The zero-order valence-electron chi connectivity index (χ0n) is 17.0. The van der Waals surface area contributed by atoms with Crippen molar-refractivity contribution in [3.8, 4) is 5.69 Å². The van der Waals surface area contributed by atoms with Crippen molar-refractivity contribution in [2.24, 2.45) is 4.99 Å². The van der Waals surface area contributed by atoms with Gasteiger partial charge in [0, 0.05) is 32.5 Å². The Morgan fingerprint density at radius 1 is 1.17 bits per heavy atom. The van der Waals surface area contributed by atoms with Crippen LogP contribution in [-0.2, 0) is 11.3 Å². The van der Waals surface area contributed by atoms with Crippen LogP contribution in [0.4, 0.5) is 0 Å². The molecule has 0 bridgehead atoms. The molecule has 1 unspecified atom stereocenters. The molecule has 1 N–H and O–H groups in total. The fourth-order valence-corrected chi connectivity index (χ4v) is 3.68. The van der Waals surface area contributed by atoms with Crippen molar-refractivity contribution < 1.29 is 4.74 Å². The molecule has 0 radical (unpaired) electrons. The summed E-state index contributed by atoms with van der Waals surface area (Å²) in [7, 11) is 1.83. The third kappa shape index (κ3) is 4.49. The highest BCUT2D eigenvalue weighted by Crippen LogP contribution is 2.25. The van der Waals surface area contributed by atoms with Crippen LogP contribution < -0.4 is 5.32 Å². The first-order valence-electron chi connectivity index (χ1n) is 9.96. The number of rotatable bonds is 4. The molecular formula is C23H27N5O. The number of nitrogens with one attached hydrogen (secondary N) is 1. The summed E-state index contributed by atoms with van der Waals surface area (Å²) in [5.41, 5.74) is 4.77. The lowest BCUT2D eigenvalue weighted by atomic mass is 10.0. The van der Waals surface area contributed by atoms with E-state index >= 15 is 0 Å². The van der Waals surface area contributed by atoms with E-state index in [0.29, 0.717) is 6.61 Å². The number of aryl methyl sites for hydroxylation is 1. The topological polar surface area (TPSA) is 54.7 Å². The zero-order chi connectivity index (χ0) is 20.1. The molecule has 0 spiro atoms. The summed E-state index contributed by atoms with van der Waals surface area (Å²) < 4.78 is 7.91. The second kappa shape index (κ2) is 8.92. The molecule has 1 saturated heterocycles. The Balaban J connectivity index is 1.38. The van der Waals surface area contributed by atoms with Crippen LogP contribution in [0.3, 0.4) is 0 Å². The van der Waals surface area contributed by atoms with E-state index in [-0.39, 0.29) is 6.10 Å². The van der Waals surface area contributed by atoms with Crippen LogP contribution in [0.5, 0.6) is 0 Å². The van der Waals surface area contributed by atoms with Crippen LogP contribution in [0.25, 0.3) is 5.69 Å². The molecule has 2 heterocycles. The van der Waals surface area contributed by atoms with Crippen LogP contribution in [0, 0.1) is 6.92 Å². The summed E-state index contributed by atoms with van der Waals surface area (Å²) in [4.78, 5) is 6.77. The number of hydrogen-bond acceptors (Lipinski definition) is 3. The van der Waals surface area contributed by atoms with Gasteiger partial charge in [0.05, 0.1) is 18.8 Å². The molecule has 0 aliphatic carbocycles. The average molecular weight is 390 g/mol. The maximum Gasteiger partial charge on any atom is 0.194 e. The molecule has 1 atom stereocenters. The third-order valence-electron chi connectivity index (χ3n) is 5.27. The Bertz CT molecular complexity index is 950. The predicted molar refractivity (Wildman–Crippen MR) is 115 cm³/mol. The molecule has 6 heteroatoms. The molecule has 2 aromatic carbocycles. The SMILES string of the molecule is CN=C(NCc1ccc(-n2cccn2)cc1)N1CCOC(c2ccccc2C)C1. The lowest BCUT2D eigenvalue weighted by molar-refractivity contribution is -0.00833. The van der Waals surface area contributed by atoms with Crippen LogP contribution in [0.1, 0.15) is 22.8 Å². The fourth-order valence-electron chi connectivity index (χ4n) is 3.68. The molecule has 1 aliphatic rings. The highest BCUT2D eigenvalue weighted by atomic mass is 16.5. The quantitative estimate of drug-likeness (QED) is 0.549. The molecule has 1 aliphatic heterocycles. The molecule has 29 heavy (non-hydrogen) atoms. The summed E-state index contributed by atoms with van der Waals surface area (Å²) in [5, 5.41) is 7.76. The van der Waals surface area contributed by atoms with Crippen molar-refractivity contribution in [1.82, 2.24) is 20.0 Å². The van der Waals surface area contributed by atoms with E-state index in [1.807, 2.05) is 24.0 Å². The van der Waals surface area contributed by atoms with Gasteiger partial charge in [0.1, 0.15) is 6.10 Å². The number of aromatic nitrogens is 2. The van der Waals surface area contributed by atoms with Gasteiger partial charge in [-0.25, -0.2) is 4.68 Å². The number of guanidine groups is 1. The van der Waals surface area contributed by atoms with Gasteiger partial charge in [-0.3, -0.25) is 4.99 Å². The molecule has 1 aromatic heterocycles. The summed E-state index contributed by atoms with van der Waals surface area (Å²) in [6.45, 7) is 5.18. The smallest absolute Gasteiger partial charge is 0.194 e. The molecule has 3 aromatic rings. The van der Waals surface area contributed by atoms with Crippen LogP contribution in [0.2, 0.25) is 0 Å². The van der Waals surface area contributed by atoms with Crippen molar-refractivity contribution in [3.05, 3.63) is 83.7 Å². The Labute approximate surface area is 171 Å². The number of morpholine rings is 1. The maximum atomic E-state index is 6.05. The first-order valence-corrected chi connectivity index (χ1v) is 9.96. The van der Waals surface area contributed by atoms with Crippen LogP contribution in [0.15, 0.2) is 72.0 Å². The Morgan fingerprint density at radius 2 is 2.00 bits per heavy atom. The number of hydrogen-bond donors (Lipinski definition) is 1. The minimum atomic E-state index is 0.0665. The largest absolute Gasteiger partial charge is 0.370 e. The van der Waals surface area contributed by atoms with E-state index in [4.69, 9.17) is 4.74 Å². The van der Waals surface area contributed by atoms with Crippen LogP contribution in [-0.4, -0.2) is 47.4 Å². The molecular weight excluding hydrogens is 362 g/mol. The molecule has 6 nitrogen and oxygen atoms in total. The number of aliphatic imine (C=N–C) groups is 1. The zero-order valence-corrected chi connectivity index (χ0v) is 17.0. The maximum absolute atomic E-state index is 6.05. The van der Waals surface area contributed by atoms with E-state index in [0.717, 1.165) is 31.3 Å². The molecule has 0 amide bonds. The summed E-state index contributed by atoms with van der Waals surface area (Å²) in [6.07, 6.45) is 3.79. The minimum absolute atomic E-state index is 0.0665. The van der Waals surface area contributed by atoms with E-state index in [9.17, 15) is 0 Å². The second-order valence-electron chi connectivity index (χ2n) is 7.18. The van der Waals surface area contributed by atoms with Gasteiger partial charge >= 0.3 is 0 Å². The fraction of sp³-hybridized carbons (Fsp3) is 0.304. The Kier molecular flexibility index (Phi) is 5.91. The van der Waals surface area contributed by atoms with Gasteiger partial charge in [-0.1, -0.05) is 36.4 Å². The van der Waals surface area contributed by atoms with Crippen molar-refractivity contribution in [2.75, 3.05) is 26.7 Å².